The van der Waals surface area contributed by atoms with E-state index in [0.717, 1.165) is 0 Å². The smallest absolute Gasteiger partial charge is 0.256 e. The van der Waals surface area contributed by atoms with Crippen LogP contribution in [-0.2, 0) is 9.53 Å². The summed E-state index contributed by atoms with van der Waals surface area (Å²) in [5, 5.41) is 11.8. The standard InChI is InChI=1S/C15H20N2O3/c1-10(2)20-13-7-6-12(8-11(13)9-16)17-14(18)15(3,4)19-5/h6-8,10H,1-5H3,(H,17,18). The van der Waals surface area contributed by atoms with Crippen LogP contribution >= 0.6 is 0 Å². The first-order valence-electron chi connectivity index (χ1n) is 6.37. The van der Waals surface area contributed by atoms with Crippen molar-refractivity contribution in [3.8, 4) is 11.8 Å². The second-order valence-corrected chi connectivity index (χ2v) is 5.16. The van der Waals surface area contributed by atoms with Crippen molar-refractivity contribution in [2.45, 2.75) is 39.4 Å². The predicted octanol–water partition coefficient (Wildman–Crippen LogP) is 2.71. The highest BCUT2D eigenvalue weighted by Crippen LogP contribution is 2.24. The lowest BCUT2D eigenvalue weighted by Crippen LogP contribution is -2.38. The summed E-state index contributed by atoms with van der Waals surface area (Å²) in [6, 6.07) is 7.02. The quantitative estimate of drug-likeness (QED) is 0.897. The van der Waals surface area contributed by atoms with Crippen LogP contribution in [0.15, 0.2) is 18.2 Å². The van der Waals surface area contributed by atoms with Crippen LogP contribution in [0, 0.1) is 11.3 Å². The number of benzene rings is 1. The summed E-state index contributed by atoms with van der Waals surface area (Å²) in [5.41, 5.74) is -0.0144. The Balaban J connectivity index is 2.95. The molecule has 0 saturated heterocycles. The Hall–Kier alpha value is -2.06. The lowest BCUT2D eigenvalue weighted by Gasteiger charge is -2.22. The number of carbonyl (C=O) groups excluding carboxylic acids is 1. The molecule has 0 aromatic heterocycles. The number of carbonyl (C=O) groups is 1. The third-order valence-corrected chi connectivity index (χ3v) is 2.78. The topological polar surface area (TPSA) is 71.3 Å². The summed E-state index contributed by atoms with van der Waals surface area (Å²) in [6.45, 7) is 7.11. The molecule has 1 rings (SSSR count). The molecule has 1 N–H and O–H groups in total. The first-order valence-corrected chi connectivity index (χ1v) is 6.37. The average Bonchev–Trinajstić information content (AvgIpc) is 2.39. The van der Waals surface area contributed by atoms with Crippen LogP contribution in [-0.4, -0.2) is 24.7 Å². The van der Waals surface area contributed by atoms with Gasteiger partial charge in [0.2, 0.25) is 0 Å². The molecular formula is C15H20N2O3. The zero-order valence-electron chi connectivity index (χ0n) is 12.5. The Morgan fingerprint density at radius 3 is 2.55 bits per heavy atom. The van der Waals surface area contributed by atoms with Crippen molar-refractivity contribution in [2.24, 2.45) is 0 Å². The molecule has 0 aliphatic rings. The normalized spacial score (nSPS) is 11.1. The zero-order chi connectivity index (χ0) is 15.3. The van der Waals surface area contributed by atoms with Gasteiger partial charge in [-0.05, 0) is 45.9 Å². The molecule has 0 atom stereocenters. The average molecular weight is 276 g/mol. The molecule has 0 unspecified atom stereocenters. The Morgan fingerprint density at radius 2 is 2.05 bits per heavy atom. The van der Waals surface area contributed by atoms with Crippen molar-refractivity contribution < 1.29 is 14.3 Å². The van der Waals surface area contributed by atoms with Gasteiger partial charge in [0.15, 0.2) is 0 Å². The number of amides is 1. The van der Waals surface area contributed by atoms with Gasteiger partial charge in [0.05, 0.1) is 11.7 Å². The molecule has 0 heterocycles. The maximum atomic E-state index is 12.0. The number of nitrogens with zero attached hydrogens (tertiary/aromatic N) is 1. The number of nitrogens with one attached hydrogen (secondary N) is 1. The monoisotopic (exact) mass is 276 g/mol. The highest BCUT2D eigenvalue weighted by Gasteiger charge is 2.27. The molecular weight excluding hydrogens is 256 g/mol. The van der Waals surface area contributed by atoms with Gasteiger partial charge in [-0.25, -0.2) is 0 Å². The summed E-state index contributed by atoms with van der Waals surface area (Å²) in [4.78, 5) is 12.0. The van der Waals surface area contributed by atoms with E-state index < -0.39 is 5.60 Å². The van der Waals surface area contributed by atoms with E-state index >= 15 is 0 Å². The first kappa shape index (κ1) is 16.0. The minimum absolute atomic E-state index is 0.0186. The minimum Gasteiger partial charge on any atom is -0.490 e. The number of hydrogen-bond acceptors (Lipinski definition) is 4. The number of methoxy groups -OCH3 is 1. The van der Waals surface area contributed by atoms with Crippen LogP contribution in [0.25, 0.3) is 0 Å². The van der Waals surface area contributed by atoms with Gasteiger partial charge in [0.25, 0.3) is 5.91 Å². The van der Waals surface area contributed by atoms with Gasteiger partial charge in [-0.3, -0.25) is 4.79 Å². The molecule has 0 saturated carbocycles. The van der Waals surface area contributed by atoms with E-state index in [1.165, 1.54) is 7.11 Å². The summed E-state index contributed by atoms with van der Waals surface area (Å²) >= 11 is 0. The Labute approximate surface area is 119 Å². The fraction of sp³-hybridized carbons (Fsp3) is 0.467. The summed E-state index contributed by atoms with van der Waals surface area (Å²) in [5.74, 6) is 0.230. The van der Waals surface area contributed by atoms with E-state index in [4.69, 9.17) is 14.7 Å². The zero-order valence-corrected chi connectivity index (χ0v) is 12.5. The van der Waals surface area contributed by atoms with Crippen molar-refractivity contribution in [3.05, 3.63) is 23.8 Å². The van der Waals surface area contributed by atoms with Crippen LogP contribution in [0.5, 0.6) is 5.75 Å². The summed E-state index contributed by atoms with van der Waals surface area (Å²) in [6.07, 6.45) is -0.0186. The van der Waals surface area contributed by atoms with E-state index in [2.05, 4.69) is 11.4 Å². The molecule has 0 radical (unpaired) electrons. The van der Waals surface area contributed by atoms with Gasteiger partial charge in [0.1, 0.15) is 17.4 Å². The minimum atomic E-state index is -0.931. The van der Waals surface area contributed by atoms with Crippen LogP contribution in [0.3, 0.4) is 0 Å². The summed E-state index contributed by atoms with van der Waals surface area (Å²) < 4.78 is 10.6. The van der Waals surface area contributed by atoms with E-state index in [1.807, 2.05) is 13.8 Å². The Morgan fingerprint density at radius 1 is 1.40 bits per heavy atom. The number of hydrogen-bond donors (Lipinski definition) is 1. The second-order valence-electron chi connectivity index (χ2n) is 5.16. The number of anilines is 1. The maximum absolute atomic E-state index is 12.0. The summed E-state index contributed by atoms with van der Waals surface area (Å²) in [7, 11) is 1.47. The number of nitriles is 1. The molecule has 0 bridgehead atoms. The van der Waals surface area contributed by atoms with Gasteiger partial charge in [-0.1, -0.05) is 0 Å². The number of ether oxygens (including phenoxy) is 2. The molecule has 1 amide bonds. The second kappa shape index (κ2) is 6.40. The van der Waals surface area contributed by atoms with Crippen LogP contribution in [0.1, 0.15) is 33.3 Å². The largest absolute Gasteiger partial charge is 0.490 e. The van der Waals surface area contributed by atoms with E-state index in [-0.39, 0.29) is 12.0 Å². The van der Waals surface area contributed by atoms with Crippen LogP contribution in [0.2, 0.25) is 0 Å². The first-order chi connectivity index (χ1) is 9.30. The SMILES string of the molecule is COC(C)(C)C(=O)Nc1ccc(OC(C)C)c(C#N)c1. The van der Waals surface area contributed by atoms with E-state index in [9.17, 15) is 4.79 Å². The molecule has 20 heavy (non-hydrogen) atoms. The highest BCUT2D eigenvalue weighted by molar-refractivity contribution is 5.96. The maximum Gasteiger partial charge on any atom is 0.256 e. The number of rotatable bonds is 5. The van der Waals surface area contributed by atoms with Crippen molar-refractivity contribution in [3.63, 3.8) is 0 Å². The van der Waals surface area contributed by atoms with Crippen molar-refractivity contribution >= 4 is 11.6 Å². The lowest BCUT2D eigenvalue weighted by atomic mass is 10.1. The van der Waals surface area contributed by atoms with Crippen molar-refractivity contribution in [1.82, 2.24) is 0 Å². The Bertz CT molecular complexity index is 530. The molecule has 5 heteroatoms. The molecule has 0 fully saturated rings. The third-order valence-electron chi connectivity index (χ3n) is 2.78. The van der Waals surface area contributed by atoms with Gasteiger partial charge in [-0.15, -0.1) is 0 Å². The van der Waals surface area contributed by atoms with Crippen molar-refractivity contribution in [1.29, 1.82) is 5.26 Å². The molecule has 108 valence electrons. The molecule has 1 aromatic carbocycles. The molecule has 5 nitrogen and oxygen atoms in total. The molecule has 0 spiro atoms. The molecule has 0 aliphatic carbocycles. The predicted molar refractivity (Wildman–Crippen MR) is 76.6 cm³/mol. The van der Waals surface area contributed by atoms with Gasteiger partial charge in [-0.2, -0.15) is 5.26 Å². The molecule has 0 aliphatic heterocycles. The van der Waals surface area contributed by atoms with Gasteiger partial charge >= 0.3 is 0 Å². The van der Waals surface area contributed by atoms with Gasteiger partial charge in [0, 0.05) is 12.8 Å². The van der Waals surface area contributed by atoms with Crippen LogP contribution < -0.4 is 10.1 Å². The fourth-order valence-corrected chi connectivity index (χ4v) is 1.43. The fourth-order valence-electron chi connectivity index (χ4n) is 1.43. The molecule has 1 aromatic rings. The van der Waals surface area contributed by atoms with E-state index in [1.54, 1.807) is 32.0 Å². The Kier molecular flexibility index (Phi) is 5.12. The van der Waals surface area contributed by atoms with Crippen molar-refractivity contribution in [2.75, 3.05) is 12.4 Å². The highest BCUT2D eigenvalue weighted by atomic mass is 16.5. The lowest BCUT2D eigenvalue weighted by molar-refractivity contribution is -0.133. The van der Waals surface area contributed by atoms with Crippen LogP contribution in [0.4, 0.5) is 5.69 Å². The third kappa shape index (κ3) is 3.97. The van der Waals surface area contributed by atoms with Gasteiger partial charge < -0.3 is 14.8 Å². The van der Waals surface area contributed by atoms with E-state index in [0.29, 0.717) is 17.0 Å².